The molecule has 3 rings (SSSR count). The van der Waals surface area contributed by atoms with Gasteiger partial charge < -0.3 is 4.42 Å². The monoisotopic (exact) mass is 309 g/mol. The second-order valence-electron chi connectivity index (χ2n) is 3.94. The summed E-state index contributed by atoms with van der Waals surface area (Å²) in [6, 6.07) is 3.95. The molecule has 0 spiro atoms. The average molecular weight is 309 g/mol. The molecule has 0 aliphatic heterocycles. The molecule has 0 fully saturated rings. The zero-order valence-electron chi connectivity index (χ0n) is 10.4. The Kier molecular flexibility index (Phi) is 3.67. The number of rotatable bonds is 4. The van der Waals surface area contributed by atoms with Crippen molar-refractivity contribution >= 4 is 34.4 Å². The number of hydrogen-bond acceptors (Lipinski definition) is 7. The molecule has 0 saturated heterocycles. The van der Waals surface area contributed by atoms with E-state index in [1.54, 1.807) is 34.4 Å². The van der Waals surface area contributed by atoms with Crippen LogP contribution >= 0.6 is 34.4 Å². The molecule has 0 bridgehead atoms. The van der Waals surface area contributed by atoms with E-state index >= 15 is 0 Å². The highest BCUT2D eigenvalue weighted by atomic mass is 32.2. The van der Waals surface area contributed by atoms with Gasteiger partial charge in [-0.1, -0.05) is 17.8 Å². The van der Waals surface area contributed by atoms with E-state index in [-0.39, 0.29) is 5.25 Å². The maximum Gasteiger partial charge on any atom is 0.257 e. The van der Waals surface area contributed by atoms with Crippen LogP contribution < -0.4 is 0 Å². The molecule has 98 valence electrons. The van der Waals surface area contributed by atoms with Crippen LogP contribution in [0, 0.1) is 6.92 Å². The van der Waals surface area contributed by atoms with Crippen LogP contribution in [-0.2, 0) is 0 Å². The minimum atomic E-state index is 0.103. The van der Waals surface area contributed by atoms with Crippen LogP contribution in [0.1, 0.15) is 23.8 Å². The molecule has 19 heavy (non-hydrogen) atoms. The van der Waals surface area contributed by atoms with Gasteiger partial charge in [-0.05, 0) is 25.3 Å². The molecule has 0 unspecified atom stereocenters. The lowest BCUT2D eigenvalue weighted by Gasteiger charge is -2.02. The highest BCUT2D eigenvalue weighted by molar-refractivity contribution is 8.01. The van der Waals surface area contributed by atoms with Gasteiger partial charge in [0.05, 0.1) is 10.1 Å². The highest BCUT2D eigenvalue weighted by Crippen LogP contribution is 2.36. The number of hydrogen-bond donors (Lipinski definition) is 0. The normalized spacial score (nSPS) is 12.7. The first kappa shape index (κ1) is 12.8. The maximum atomic E-state index is 5.71. The number of aromatic nitrogens is 3. The molecule has 0 radical (unpaired) electrons. The van der Waals surface area contributed by atoms with Gasteiger partial charge in [0, 0.05) is 11.1 Å². The standard InChI is InChI=1S/C12H11N3OS3/c1-7-6-18-12(13-7)19-8(2)10-14-15-11(16-10)9-4-3-5-17-9/h3-6,8H,1-2H3/t8-/m1/s1. The Morgan fingerprint density at radius 1 is 1.32 bits per heavy atom. The average Bonchev–Trinajstić information content (AvgIpc) is 3.08. The van der Waals surface area contributed by atoms with Crippen molar-refractivity contribution in [1.82, 2.24) is 15.2 Å². The molecule has 3 aromatic heterocycles. The van der Waals surface area contributed by atoms with E-state index in [0.29, 0.717) is 11.8 Å². The number of aryl methyl sites for hydroxylation is 1. The summed E-state index contributed by atoms with van der Waals surface area (Å²) >= 11 is 4.88. The third kappa shape index (κ3) is 2.88. The van der Waals surface area contributed by atoms with Crippen LogP contribution in [0.5, 0.6) is 0 Å². The largest absolute Gasteiger partial charge is 0.419 e. The summed E-state index contributed by atoms with van der Waals surface area (Å²) in [7, 11) is 0. The van der Waals surface area contributed by atoms with Crippen molar-refractivity contribution in [1.29, 1.82) is 0 Å². The van der Waals surface area contributed by atoms with Crippen LogP contribution in [0.4, 0.5) is 0 Å². The summed E-state index contributed by atoms with van der Waals surface area (Å²) in [4.78, 5) is 5.43. The van der Waals surface area contributed by atoms with Gasteiger partial charge in [-0.15, -0.1) is 32.9 Å². The molecular weight excluding hydrogens is 298 g/mol. The van der Waals surface area contributed by atoms with Crippen LogP contribution in [0.25, 0.3) is 10.8 Å². The van der Waals surface area contributed by atoms with Gasteiger partial charge in [0.25, 0.3) is 5.89 Å². The predicted octanol–water partition coefficient (Wildman–Crippen LogP) is 4.42. The van der Waals surface area contributed by atoms with Gasteiger partial charge >= 0.3 is 0 Å². The van der Waals surface area contributed by atoms with E-state index in [1.165, 1.54) is 0 Å². The van der Waals surface area contributed by atoms with E-state index in [1.807, 2.05) is 36.7 Å². The lowest BCUT2D eigenvalue weighted by atomic mass is 10.5. The minimum absolute atomic E-state index is 0.103. The molecular formula is C12H11N3OS3. The van der Waals surface area contributed by atoms with Crippen LogP contribution in [0.15, 0.2) is 31.6 Å². The highest BCUT2D eigenvalue weighted by Gasteiger charge is 2.17. The van der Waals surface area contributed by atoms with Crippen molar-refractivity contribution in [2.45, 2.75) is 23.4 Å². The third-order valence-corrected chi connectivity index (χ3v) is 5.43. The fraction of sp³-hybridized carbons (Fsp3) is 0.250. The van der Waals surface area contributed by atoms with Crippen molar-refractivity contribution in [3.05, 3.63) is 34.5 Å². The molecule has 3 heterocycles. The van der Waals surface area contributed by atoms with Crippen LogP contribution in [0.3, 0.4) is 0 Å². The predicted molar refractivity (Wildman–Crippen MR) is 78.7 cm³/mol. The topological polar surface area (TPSA) is 51.8 Å². The summed E-state index contributed by atoms with van der Waals surface area (Å²) in [6.07, 6.45) is 0. The van der Waals surface area contributed by atoms with Gasteiger partial charge in [-0.25, -0.2) is 4.98 Å². The summed E-state index contributed by atoms with van der Waals surface area (Å²) in [6.45, 7) is 4.04. The first-order chi connectivity index (χ1) is 9.22. The van der Waals surface area contributed by atoms with Gasteiger partial charge in [0.15, 0.2) is 4.34 Å². The Bertz CT molecular complexity index is 659. The number of thiazole rings is 1. The first-order valence-electron chi connectivity index (χ1n) is 5.68. The smallest absolute Gasteiger partial charge is 0.257 e. The molecule has 3 aromatic rings. The molecule has 0 N–H and O–H groups in total. The Morgan fingerprint density at radius 2 is 2.21 bits per heavy atom. The quantitative estimate of drug-likeness (QED) is 0.668. The first-order valence-corrected chi connectivity index (χ1v) is 8.32. The van der Waals surface area contributed by atoms with Crippen molar-refractivity contribution in [3.8, 4) is 10.8 Å². The Balaban J connectivity index is 1.75. The zero-order valence-corrected chi connectivity index (χ0v) is 12.8. The van der Waals surface area contributed by atoms with Crippen molar-refractivity contribution < 1.29 is 4.42 Å². The SMILES string of the molecule is Cc1csc(S[C@H](C)c2nnc(-c3cccs3)o2)n1. The molecule has 0 aromatic carbocycles. The second-order valence-corrected chi connectivity index (χ2v) is 7.33. The Morgan fingerprint density at radius 3 is 2.89 bits per heavy atom. The second kappa shape index (κ2) is 5.44. The molecule has 1 atom stereocenters. The van der Waals surface area contributed by atoms with E-state index in [2.05, 4.69) is 15.2 Å². The van der Waals surface area contributed by atoms with E-state index in [4.69, 9.17) is 4.42 Å². The summed E-state index contributed by atoms with van der Waals surface area (Å²) in [5.74, 6) is 1.23. The van der Waals surface area contributed by atoms with Gasteiger partial charge in [0.1, 0.15) is 0 Å². The lowest BCUT2D eigenvalue weighted by molar-refractivity contribution is 0.510. The third-order valence-electron chi connectivity index (χ3n) is 2.40. The van der Waals surface area contributed by atoms with Crippen molar-refractivity contribution in [2.24, 2.45) is 0 Å². The Labute approximate surface area is 122 Å². The fourth-order valence-electron chi connectivity index (χ4n) is 1.49. The molecule has 0 aliphatic rings. The summed E-state index contributed by atoms with van der Waals surface area (Å²) < 4.78 is 6.74. The summed E-state index contributed by atoms with van der Waals surface area (Å²) in [5, 5.41) is 12.4. The molecule has 0 aliphatic carbocycles. The Hall–Kier alpha value is -1.18. The van der Waals surface area contributed by atoms with Crippen LogP contribution in [0.2, 0.25) is 0 Å². The van der Waals surface area contributed by atoms with E-state index in [0.717, 1.165) is 14.9 Å². The number of nitrogens with zero attached hydrogens (tertiary/aromatic N) is 3. The van der Waals surface area contributed by atoms with Gasteiger partial charge in [-0.3, -0.25) is 0 Å². The van der Waals surface area contributed by atoms with E-state index in [9.17, 15) is 0 Å². The molecule has 0 amide bonds. The van der Waals surface area contributed by atoms with Crippen molar-refractivity contribution in [2.75, 3.05) is 0 Å². The number of thiophene rings is 1. The molecule has 4 nitrogen and oxygen atoms in total. The number of thioether (sulfide) groups is 1. The van der Waals surface area contributed by atoms with E-state index < -0.39 is 0 Å². The van der Waals surface area contributed by atoms with Crippen molar-refractivity contribution in [3.63, 3.8) is 0 Å². The zero-order chi connectivity index (χ0) is 13.2. The molecule has 7 heteroatoms. The molecule has 0 saturated carbocycles. The minimum Gasteiger partial charge on any atom is -0.419 e. The van der Waals surface area contributed by atoms with Gasteiger partial charge in [0.2, 0.25) is 5.89 Å². The lowest BCUT2D eigenvalue weighted by Crippen LogP contribution is -1.88. The summed E-state index contributed by atoms with van der Waals surface area (Å²) in [5.41, 5.74) is 1.05. The van der Waals surface area contributed by atoms with Gasteiger partial charge in [-0.2, -0.15) is 0 Å². The maximum absolute atomic E-state index is 5.71. The fourth-order valence-corrected chi connectivity index (χ4v) is 4.15. The van der Waals surface area contributed by atoms with Crippen LogP contribution in [-0.4, -0.2) is 15.2 Å².